The van der Waals surface area contributed by atoms with Crippen molar-refractivity contribution in [2.45, 2.75) is 18.5 Å². The molecule has 1 amide bonds. The summed E-state index contributed by atoms with van der Waals surface area (Å²) in [6.07, 6.45) is 0.183. The van der Waals surface area contributed by atoms with Gasteiger partial charge in [0.25, 0.3) is 0 Å². The largest absolute Gasteiger partial charge is 0.348 e. The first-order valence-corrected chi connectivity index (χ1v) is 4.57. The lowest BCUT2D eigenvalue weighted by Gasteiger charge is -2.15. The number of hydrogen-bond donors (Lipinski definition) is 2. The van der Waals surface area contributed by atoms with Crippen LogP contribution in [-0.4, -0.2) is 11.9 Å². The molecule has 0 aromatic heterocycles. The third-order valence-electron chi connectivity index (χ3n) is 2.41. The van der Waals surface area contributed by atoms with E-state index >= 15 is 0 Å². The van der Waals surface area contributed by atoms with Crippen LogP contribution in [0.2, 0.25) is 0 Å². The molecule has 2 rings (SSSR count). The Morgan fingerprint density at radius 2 is 1.87 bits per heavy atom. The van der Waals surface area contributed by atoms with E-state index in [4.69, 9.17) is 5.73 Å². The van der Waals surface area contributed by atoms with Gasteiger partial charge in [-0.3, -0.25) is 4.79 Å². The van der Waals surface area contributed by atoms with Gasteiger partial charge in [-0.2, -0.15) is 0 Å². The summed E-state index contributed by atoms with van der Waals surface area (Å²) in [6.45, 7) is 0. The lowest BCUT2D eigenvalue weighted by atomic mass is 10.0. The fourth-order valence-corrected chi connectivity index (χ4v) is 1.76. The van der Waals surface area contributed by atoms with Gasteiger partial charge in [-0.1, -0.05) is 0 Å². The zero-order valence-electron chi connectivity index (χ0n) is 7.84. The van der Waals surface area contributed by atoms with Crippen LogP contribution in [0.1, 0.15) is 18.0 Å². The van der Waals surface area contributed by atoms with Crippen molar-refractivity contribution in [3.63, 3.8) is 0 Å². The summed E-state index contributed by atoms with van der Waals surface area (Å²) in [5.41, 5.74) is 6.04. The molecule has 3 N–H and O–H groups in total. The minimum atomic E-state index is -0.668. The summed E-state index contributed by atoms with van der Waals surface area (Å²) < 4.78 is 25.8. The smallest absolute Gasteiger partial charge is 0.222 e. The SMILES string of the molecule is NC1CC(=O)NC1c1cc(F)cc(F)c1. The minimum Gasteiger partial charge on any atom is -0.348 e. The number of nitrogens with one attached hydrogen (secondary N) is 1. The first-order valence-electron chi connectivity index (χ1n) is 4.57. The molecule has 1 aromatic rings. The predicted molar refractivity (Wildman–Crippen MR) is 49.8 cm³/mol. The number of nitrogens with two attached hydrogens (primary N) is 1. The number of amides is 1. The maximum atomic E-state index is 12.9. The van der Waals surface area contributed by atoms with E-state index in [0.717, 1.165) is 6.07 Å². The van der Waals surface area contributed by atoms with Gasteiger partial charge < -0.3 is 11.1 Å². The van der Waals surface area contributed by atoms with Crippen LogP contribution in [0.4, 0.5) is 8.78 Å². The average Bonchev–Trinajstić information content (AvgIpc) is 2.43. The molecule has 1 heterocycles. The van der Waals surface area contributed by atoms with E-state index < -0.39 is 23.7 Å². The van der Waals surface area contributed by atoms with Gasteiger partial charge in [0.15, 0.2) is 0 Å². The van der Waals surface area contributed by atoms with Gasteiger partial charge in [-0.25, -0.2) is 8.78 Å². The van der Waals surface area contributed by atoms with Crippen molar-refractivity contribution < 1.29 is 13.6 Å². The molecule has 1 aromatic carbocycles. The van der Waals surface area contributed by atoms with Crippen LogP contribution in [0.5, 0.6) is 0 Å². The molecule has 0 bridgehead atoms. The van der Waals surface area contributed by atoms with E-state index in [1.54, 1.807) is 0 Å². The Balaban J connectivity index is 2.33. The summed E-state index contributed by atoms with van der Waals surface area (Å²) >= 11 is 0. The van der Waals surface area contributed by atoms with Crippen molar-refractivity contribution in [3.05, 3.63) is 35.4 Å². The molecule has 5 heteroatoms. The van der Waals surface area contributed by atoms with Gasteiger partial charge in [0.2, 0.25) is 5.91 Å². The molecule has 0 saturated carbocycles. The van der Waals surface area contributed by atoms with Crippen LogP contribution >= 0.6 is 0 Å². The van der Waals surface area contributed by atoms with Gasteiger partial charge in [-0.05, 0) is 17.7 Å². The first kappa shape index (κ1) is 10.0. The predicted octanol–water partition coefficient (Wildman–Crippen LogP) is 0.853. The highest BCUT2D eigenvalue weighted by atomic mass is 19.1. The standard InChI is InChI=1S/C10H10F2N2O/c11-6-1-5(2-7(12)3-6)10-8(13)4-9(15)14-10/h1-3,8,10H,4,13H2,(H,14,15). The summed E-state index contributed by atoms with van der Waals surface area (Å²) in [5, 5.41) is 2.58. The van der Waals surface area contributed by atoms with Crippen molar-refractivity contribution in [3.8, 4) is 0 Å². The number of hydrogen-bond acceptors (Lipinski definition) is 2. The van der Waals surface area contributed by atoms with E-state index in [-0.39, 0.29) is 12.3 Å². The molecule has 2 atom stereocenters. The summed E-state index contributed by atoms with van der Waals surface area (Å²) in [4.78, 5) is 11.0. The van der Waals surface area contributed by atoms with Crippen molar-refractivity contribution in [2.24, 2.45) is 5.73 Å². The molecule has 0 aliphatic carbocycles. The van der Waals surface area contributed by atoms with Crippen LogP contribution < -0.4 is 11.1 Å². The molecule has 1 fully saturated rings. The summed E-state index contributed by atoms with van der Waals surface area (Å²) in [6, 6.07) is 2.21. The monoisotopic (exact) mass is 212 g/mol. The molecule has 1 aliphatic rings. The highest BCUT2D eigenvalue weighted by Gasteiger charge is 2.30. The second kappa shape index (κ2) is 3.58. The highest BCUT2D eigenvalue weighted by Crippen LogP contribution is 2.24. The lowest BCUT2D eigenvalue weighted by molar-refractivity contribution is -0.119. The van der Waals surface area contributed by atoms with Crippen LogP contribution in [-0.2, 0) is 4.79 Å². The maximum Gasteiger partial charge on any atom is 0.222 e. The molecule has 2 unspecified atom stereocenters. The lowest BCUT2D eigenvalue weighted by Crippen LogP contribution is -2.28. The Bertz CT molecular complexity index is 388. The number of benzene rings is 1. The Labute approximate surface area is 85.3 Å². The van der Waals surface area contributed by atoms with E-state index in [1.165, 1.54) is 12.1 Å². The van der Waals surface area contributed by atoms with Crippen molar-refractivity contribution in [1.82, 2.24) is 5.32 Å². The fourth-order valence-electron chi connectivity index (χ4n) is 1.76. The molecule has 1 saturated heterocycles. The van der Waals surface area contributed by atoms with Gasteiger partial charge in [-0.15, -0.1) is 0 Å². The van der Waals surface area contributed by atoms with Crippen molar-refractivity contribution in [1.29, 1.82) is 0 Å². The zero-order valence-corrected chi connectivity index (χ0v) is 7.84. The van der Waals surface area contributed by atoms with E-state index in [1.807, 2.05) is 0 Å². The van der Waals surface area contributed by atoms with Crippen molar-refractivity contribution >= 4 is 5.91 Å². The Kier molecular flexibility index (Phi) is 2.40. The van der Waals surface area contributed by atoms with Crippen LogP contribution in [0, 0.1) is 11.6 Å². The molecular weight excluding hydrogens is 202 g/mol. The minimum absolute atomic E-state index is 0.183. The summed E-state index contributed by atoms with van der Waals surface area (Å²) in [5.74, 6) is -1.53. The number of halogens is 2. The normalized spacial score (nSPS) is 25.4. The average molecular weight is 212 g/mol. The van der Waals surface area contributed by atoms with Gasteiger partial charge in [0, 0.05) is 18.5 Å². The van der Waals surface area contributed by atoms with Crippen molar-refractivity contribution in [2.75, 3.05) is 0 Å². The Morgan fingerprint density at radius 1 is 1.27 bits per heavy atom. The third kappa shape index (κ3) is 1.97. The quantitative estimate of drug-likeness (QED) is 0.725. The van der Waals surface area contributed by atoms with Gasteiger partial charge in [0.05, 0.1) is 6.04 Å². The number of carbonyl (C=O) groups is 1. The first-order chi connectivity index (χ1) is 7.06. The molecule has 1 aliphatic heterocycles. The Hall–Kier alpha value is -1.49. The highest BCUT2D eigenvalue weighted by molar-refractivity contribution is 5.80. The third-order valence-corrected chi connectivity index (χ3v) is 2.41. The Morgan fingerprint density at radius 3 is 2.33 bits per heavy atom. The van der Waals surface area contributed by atoms with Crippen LogP contribution in [0.25, 0.3) is 0 Å². The molecular formula is C10H10F2N2O. The summed E-state index contributed by atoms with van der Waals surface area (Å²) in [7, 11) is 0. The van der Waals surface area contributed by atoms with Crippen LogP contribution in [0.15, 0.2) is 18.2 Å². The topological polar surface area (TPSA) is 55.1 Å². The number of rotatable bonds is 1. The maximum absolute atomic E-state index is 12.9. The second-order valence-electron chi connectivity index (χ2n) is 3.62. The fraction of sp³-hybridized carbons (Fsp3) is 0.300. The molecule has 3 nitrogen and oxygen atoms in total. The van der Waals surface area contributed by atoms with Crippen LogP contribution in [0.3, 0.4) is 0 Å². The molecule has 0 spiro atoms. The molecule has 80 valence electrons. The molecule has 15 heavy (non-hydrogen) atoms. The van der Waals surface area contributed by atoms with Gasteiger partial charge in [0.1, 0.15) is 11.6 Å². The van der Waals surface area contributed by atoms with E-state index in [9.17, 15) is 13.6 Å². The van der Waals surface area contributed by atoms with E-state index in [2.05, 4.69) is 5.32 Å². The van der Waals surface area contributed by atoms with Gasteiger partial charge >= 0.3 is 0 Å². The number of carbonyl (C=O) groups excluding carboxylic acids is 1. The second-order valence-corrected chi connectivity index (χ2v) is 3.62. The molecule has 0 radical (unpaired) electrons. The zero-order chi connectivity index (χ0) is 11.0. The van der Waals surface area contributed by atoms with E-state index in [0.29, 0.717) is 5.56 Å².